The van der Waals surface area contributed by atoms with Crippen LogP contribution < -0.4 is 5.32 Å². The number of halogens is 2. The zero-order valence-electron chi connectivity index (χ0n) is 10.3. The molecule has 3 rings (SSSR count). The van der Waals surface area contributed by atoms with Gasteiger partial charge in [-0.25, -0.2) is 0 Å². The number of rotatable bonds is 2. The normalized spacial score (nSPS) is 19.6. The molecule has 0 saturated carbocycles. The van der Waals surface area contributed by atoms with Crippen molar-refractivity contribution in [1.82, 2.24) is 20.0 Å². The number of hydrogen-bond acceptors (Lipinski definition) is 4. The second kappa shape index (κ2) is 7.31. The molecule has 0 aromatic carbocycles. The summed E-state index contributed by atoms with van der Waals surface area (Å²) < 4.78 is 7.47. The van der Waals surface area contributed by atoms with Crippen LogP contribution in [0.25, 0.3) is 0 Å². The second-order valence-corrected chi connectivity index (χ2v) is 4.42. The Morgan fingerprint density at radius 2 is 2.00 bits per heavy atom. The predicted molar refractivity (Wildman–Crippen MR) is 74.5 cm³/mol. The number of nitrogens with one attached hydrogen (secondary N) is 1. The van der Waals surface area contributed by atoms with Gasteiger partial charge in [-0.3, -0.25) is 9.58 Å². The van der Waals surface area contributed by atoms with Crippen LogP contribution in [0.15, 0.2) is 6.07 Å². The molecule has 0 amide bonds. The molecular weight excluding hydrogens is 275 g/mol. The molecule has 1 aromatic heterocycles. The molecule has 1 aromatic rings. The molecule has 0 radical (unpaired) electrons. The molecule has 2 aliphatic rings. The Morgan fingerprint density at radius 3 is 2.72 bits per heavy atom. The zero-order valence-corrected chi connectivity index (χ0v) is 11.9. The van der Waals surface area contributed by atoms with Crippen LogP contribution in [0.1, 0.15) is 11.4 Å². The zero-order chi connectivity index (χ0) is 10.8. The van der Waals surface area contributed by atoms with Gasteiger partial charge in [0.2, 0.25) is 0 Å². The monoisotopic (exact) mass is 294 g/mol. The van der Waals surface area contributed by atoms with Gasteiger partial charge in [0, 0.05) is 32.7 Å². The van der Waals surface area contributed by atoms with Crippen molar-refractivity contribution < 1.29 is 4.74 Å². The third-order valence-electron chi connectivity index (χ3n) is 3.21. The van der Waals surface area contributed by atoms with Crippen LogP contribution in [0.4, 0.5) is 0 Å². The fraction of sp³-hybridized carbons (Fsp3) is 0.727. The highest BCUT2D eigenvalue weighted by Gasteiger charge is 2.15. The quantitative estimate of drug-likeness (QED) is 0.870. The summed E-state index contributed by atoms with van der Waals surface area (Å²) in [6.45, 7) is 7.72. The van der Waals surface area contributed by atoms with Gasteiger partial charge in [-0.1, -0.05) is 0 Å². The van der Waals surface area contributed by atoms with E-state index in [4.69, 9.17) is 4.74 Å². The number of fused-ring (bicyclic) bond motifs is 1. The number of ether oxygens (including phenoxy) is 1. The molecule has 0 bridgehead atoms. The van der Waals surface area contributed by atoms with Gasteiger partial charge in [0.1, 0.15) is 0 Å². The first kappa shape index (κ1) is 15.7. The van der Waals surface area contributed by atoms with E-state index in [1.54, 1.807) is 0 Å². The summed E-state index contributed by atoms with van der Waals surface area (Å²) >= 11 is 0. The topological polar surface area (TPSA) is 42.3 Å². The van der Waals surface area contributed by atoms with E-state index in [9.17, 15) is 0 Å². The van der Waals surface area contributed by atoms with Crippen molar-refractivity contribution in [2.24, 2.45) is 0 Å². The minimum Gasteiger partial charge on any atom is -0.379 e. The van der Waals surface area contributed by atoms with Crippen LogP contribution in [0.2, 0.25) is 0 Å². The van der Waals surface area contributed by atoms with E-state index in [0.717, 1.165) is 52.5 Å². The molecular formula is C11H20Cl2N4O. The van der Waals surface area contributed by atoms with Crippen LogP contribution >= 0.6 is 24.8 Å². The first-order chi connectivity index (χ1) is 7.92. The highest BCUT2D eigenvalue weighted by molar-refractivity contribution is 5.85. The third kappa shape index (κ3) is 3.59. The van der Waals surface area contributed by atoms with Crippen molar-refractivity contribution in [2.75, 3.05) is 32.8 Å². The molecule has 0 aliphatic carbocycles. The predicted octanol–water partition coefficient (Wildman–Crippen LogP) is 0.662. The van der Waals surface area contributed by atoms with Gasteiger partial charge in [-0.05, 0) is 6.07 Å². The Kier molecular flexibility index (Phi) is 6.38. The van der Waals surface area contributed by atoms with Crippen molar-refractivity contribution in [3.8, 4) is 0 Å². The van der Waals surface area contributed by atoms with E-state index in [-0.39, 0.29) is 24.8 Å². The standard InChI is InChI=1S/C11H18N4O.2ClH/c1-2-15-11(8-12-1)7-10(13-15)9-14-3-5-16-6-4-14;;/h7,12H,1-6,8-9H2;2*1H. The SMILES string of the molecule is Cl.Cl.c1c(CN2CCOCC2)nn2c1CNCC2. The lowest BCUT2D eigenvalue weighted by Gasteiger charge is -2.25. The number of nitrogens with zero attached hydrogens (tertiary/aromatic N) is 3. The second-order valence-electron chi connectivity index (χ2n) is 4.42. The maximum Gasteiger partial charge on any atom is 0.0768 e. The molecule has 1 saturated heterocycles. The van der Waals surface area contributed by atoms with Crippen molar-refractivity contribution in [3.63, 3.8) is 0 Å². The largest absolute Gasteiger partial charge is 0.379 e. The Hall–Kier alpha value is -0.330. The summed E-state index contributed by atoms with van der Waals surface area (Å²) in [5.74, 6) is 0. The lowest BCUT2D eigenvalue weighted by atomic mass is 10.3. The van der Waals surface area contributed by atoms with Gasteiger partial charge in [-0.2, -0.15) is 5.10 Å². The molecule has 5 nitrogen and oxygen atoms in total. The van der Waals surface area contributed by atoms with Crippen LogP contribution in [0.5, 0.6) is 0 Å². The van der Waals surface area contributed by atoms with Crippen LogP contribution in [-0.2, 0) is 24.4 Å². The molecule has 0 unspecified atom stereocenters. The van der Waals surface area contributed by atoms with Gasteiger partial charge in [0.15, 0.2) is 0 Å². The van der Waals surface area contributed by atoms with Crippen molar-refractivity contribution in [1.29, 1.82) is 0 Å². The minimum atomic E-state index is 0. The summed E-state index contributed by atoms with van der Waals surface area (Å²) in [7, 11) is 0. The van der Waals surface area contributed by atoms with Gasteiger partial charge in [0.25, 0.3) is 0 Å². The molecule has 3 heterocycles. The van der Waals surface area contributed by atoms with Crippen LogP contribution in [0.3, 0.4) is 0 Å². The van der Waals surface area contributed by atoms with E-state index in [2.05, 4.69) is 26.1 Å². The Morgan fingerprint density at radius 1 is 1.22 bits per heavy atom. The van der Waals surface area contributed by atoms with E-state index in [0.29, 0.717) is 0 Å². The van der Waals surface area contributed by atoms with Crippen molar-refractivity contribution in [3.05, 3.63) is 17.5 Å². The van der Waals surface area contributed by atoms with Crippen molar-refractivity contribution >= 4 is 24.8 Å². The summed E-state index contributed by atoms with van der Waals surface area (Å²) in [5.41, 5.74) is 2.51. The van der Waals surface area contributed by atoms with E-state index >= 15 is 0 Å². The molecule has 18 heavy (non-hydrogen) atoms. The Balaban J connectivity index is 0.000000810. The molecule has 0 atom stereocenters. The fourth-order valence-electron chi connectivity index (χ4n) is 2.32. The highest BCUT2D eigenvalue weighted by Crippen LogP contribution is 2.10. The minimum absolute atomic E-state index is 0. The Bertz CT molecular complexity index is 342. The summed E-state index contributed by atoms with van der Waals surface area (Å²) in [4.78, 5) is 2.41. The number of morpholine rings is 1. The maximum absolute atomic E-state index is 5.34. The number of aromatic nitrogens is 2. The lowest BCUT2D eigenvalue weighted by molar-refractivity contribution is 0.0335. The summed E-state index contributed by atoms with van der Waals surface area (Å²) in [6.07, 6.45) is 0. The average Bonchev–Trinajstić information content (AvgIpc) is 2.72. The first-order valence-electron chi connectivity index (χ1n) is 5.98. The molecule has 104 valence electrons. The van der Waals surface area contributed by atoms with E-state index < -0.39 is 0 Å². The van der Waals surface area contributed by atoms with Crippen molar-refractivity contribution in [2.45, 2.75) is 19.6 Å². The summed E-state index contributed by atoms with van der Waals surface area (Å²) in [5, 5.41) is 8.00. The lowest BCUT2D eigenvalue weighted by Crippen LogP contribution is -2.35. The molecule has 2 aliphatic heterocycles. The molecule has 0 spiro atoms. The third-order valence-corrected chi connectivity index (χ3v) is 3.21. The fourth-order valence-corrected chi connectivity index (χ4v) is 2.32. The van der Waals surface area contributed by atoms with E-state index in [1.807, 2.05) is 0 Å². The first-order valence-corrected chi connectivity index (χ1v) is 5.98. The average molecular weight is 295 g/mol. The van der Waals surface area contributed by atoms with Gasteiger partial charge < -0.3 is 10.1 Å². The number of hydrogen-bond donors (Lipinski definition) is 1. The van der Waals surface area contributed by atoms with Gasteiger partial charge >= 0.3 is 0 Å². The van der Waals surface area contributed by atoms with E-state index in [1.165, 1.54) is 11.4 Å². The smallest absolute Gasteiger partial charge is 0.0768 e. The summed E-state index contributed by atoms with van der Waals surface area (Å²) in [6, 6.07) is 2.22. The van der Waals surface area contributed by atoms with Crippen LogP contribution in [-0.4, -0.2) is 47.5 Å². The molecule has 1 N–H and O–H groups in total. The van der Waals surface area contributed by atoms with Crippen LogP contribution in [0, 0.1) is 0 Å². The highest BCUT2D eigenvalue weighted by atomic mass is 35.5. The Labute approximate surface area is 120 Å². The molecule has 1 fully saturated rings. The van der Waals surface area contributed by atoms with Gasteiger partial charge in [-0.15, -0.1) is 24.8 Å². The molecule has 7 heteroatoms. The maximum atomic E-state index is 5.34. The van der Waals surface area contributed by atoms with Gasteiger partial charge in [0.05, 0.1) is 31.1 Å².